The van der Waals surface area contributed by atoms with E-state index in [1.165, 1.54) is 12.8 Å². The van der Waals surface area contributed by atoms with Crippen LogP contribution in [0.3, 0.4) is 0 Å². The predicted octanol–water partition coefficient (Wildman–Crippen LogP) is 3.38. The van der Waals surface area contributed by atoms with Gasteiger partial charge in [0.15, 0.2) is 0 Å². The van der Waals surface area contributed by atoms with Crippen LogP contribution < -0.4 is 0 Å². The van der Waals surface area contributed by atoms with E-state index in [1.807, 2.05) is 6.33 Å². The average Bonchev–Trinajstić information content (AvgIpc) is 3.12. The lowest BCUT2D eigenvalue weighted by atomic mass is 10.1. The Balaban J connectivity index is 1.40. The van der Waals surface area contributed by atoms with E-state index >= 15 is 0 Å². The molecule has 7 heteroatoms. The number of hydrogen-bond donors (Lipinski definition) is 0. The fourth-order valence-electron chi connectivity index (χ4n) is 4.79. The third-order valence-electron chi connectivity index (χ3n) is 6.72. The van der Waals surface area contributed by atoms with Crippen LogP contribution in [-0.4, -0.2) is 56.4 Å². The lowest BCUT2D eigenvalue weighted by Crippen LogP contribution is -2.36. The molecule has 2 aromatic rings. The topological polar surface area (TPSA) is 65.2 Å². The smallest absolute Gasteiger partial charge is 0.255 e. The van der Waals surface area contributed by atoms with E-state index in [1.54, 1.807) is 7.11 Å². The number of amides is 1. The van der Waals surface area contributed by atoms with Crippen molar-refractivity contribution >= 4 is 5.91 Å². The SMILES string of the molecule is COCCCn1c(C)cc(C(=O)N2CCCC2CCc2nncn2CC2CC2)c1C. The summed E-state index contributed by atoms with van der Waals surface area (Å²) in [4.78, 5) is 15.5. The quantitative estimate of drug-likeness (QED) is 0.560. The van der Waals surface area contributed by atoms with E-state index in [2.05, 4.69) is 44.1 Å². The Bertz CT molecular complexity index is 867. The molecule has 1 saturated heterocycles. The van der Waals surface area contributed by atoms with Gasteiger partial charge in [-0.3, -0.25) is 4.79 Å². The number of rotatable bonds is 10. The maximum Gasteiger partial charge on any atom is 0.255 e. The number of hydrogen-bond acceptors (Lipinski definition) is 4. The molecule has 1 saturated carbocycles. The molecule has 0 N–H and O–H groups in total. The zero-order valence-electron chi connectivity index (χ0n) is 18.6. The molecule has 0 radical (unpaired) electrons. The van der Waals surface area contributed by atoms with Gasteiger partial charge in [-0.15, -0.1) is 10.2 Å². The maximum absolute atomic E-state index is 13.4. The summed E-state index contributed by atoms with van der Waals surface area (Å²) >= 11 is 0. The summed E-state index contributed by atoms with van der Waals surface area (Å²) in [6.07, 6.45) is 9.47. The number of aryl methyl sites for hydroxylation is 2. The minimum Gasteiger partial charge on any atom is -0.385 e. The third-order valence-corrected chi connectivity index (χ3v) is 6.72. The molecule has 1 unspecified atom stereocenters. The first-order valence-corrected chi connectivity index (χ1v) is 11.4. The molecule has 3 heterocycles. The van der Waals surface area contributed by atoms with Crippen molar-refractivity contribution in [3.05, 3.63) is 35.2 Å². The van der Waals surface area contributed by atoms with Gasteiger partial charge < -0.3 is 18.8 Å². The fourth-order valence-corrected chi connectivity index (χ4v) is 4.79. The van der Waals surface area contributed by atoms with Crippen LogP contribution >= 0.6 is 0 Å². The van der Waals surface area contributed by atoms with Crippen LogP contribution in [-0.2, 0) is 24.2 Å². The Morgan fingerprint density at radius 2 is 2.10 bits per heavy atom. The largest absolute Gasteiger partial charge is 0.385 e. The first kappa shape index (κ1) is 21.1. The minimum atomic E-state index is 0.183. The summed E-state index contributed by atoms with van der Waals surface area (Å²) in [6, 6.07) is 2.35. The summed E-state index contributed by atoms with van der Waals surface area (Å²) in [5.41, 5.74) is 3.08. The standard InChI is InChI=1S/C23H35N5O2/c1-17-14-21(18(2)27(17)12-5-13-30-3)23(29)28-11-4-6-20(28)9-10-22-25-24-16-26(22)15-19-7-8-19/h14,16,19-20H,4-13,15H2,1-3H3. The molecule has 0 bridgehead atoms. The van der Waals surface area contributed by atoms with Crippen LogP contribution in [0, 0.1) is 19.8 Å². The molecule has 4 rings (SSSR count). The first-order valence-electron chi connectivity index (χ1n) is 11.4. The van der Waals surface area contributed by atoms with Crippen molar-refractivity contribution in [3.8, 4) is 0 Å². The predicted molar refractivity (Wildman–Crippen MR) is 116 cm³/mol. The summed E-state index contributed by atoms with van der Waals surface area (Å²) in [6.45, 7) is 7.68. The highest BCUT2D eigenvalue weighted by Gasteiger charge is 2.31. The van der Waals surface area contributed by atoms with Crippen molar-refractivity contribution in [1.82, 2.24) is 24.2 Å². The molecule has 1 aliphatic heterocycles. The van der Waals surface area contributed by atoms with E-state index in [9.17, 15) is 4.79 Å². The highest BCUT2D eigenvalue weighted by Crippen LogP contribution is 2.31. The van der Waals surface area contributed by atoms with Gasteiger partial charge in [-0.1, -0.05) is 0 Å². The lowest BCUT2D eigenvalue weighted by molar-refractivity contribution is 0.0729. The first-order chi connectivity index (χ1) is 14.6. The second kappa shape index (κ2) is 9.33. The van der Waals surface area contributed by atoms with Crippen LogP contribution in [0.15, 0.2) is 12.4 Å². The molecule has 1 amide bonds. The van der Waals surface area contributed by atoms with Gasteiger partial charge in [-0.25, -0.2) is 0 Å². The van der Waals surface area contributed by atoms with Crippen LogP contribution in [0.1, 0.15) is 66.1 Å². The van der Waals surface area contributed by atoms with Crippen molar-refractivity contribution < 1.29 is 9.53 Å². The van der Waals surface area contributed by atoms with Gasteiger partial charge in [-0.2, -0.15) is 0 Å². The van der Waals surface area contributed by atoms with Crippen LogP contribution in [0.25, 0.3) is 0 Å². The number of likely N-dealkylation sites (tertiary alicyclic amines) is 1. The maximum atomic E-state index is 13.4. The number of carbonyl (C=O) groups is 1. The second-order valence-electron chi connectivity index (χ2n) is 8.96. The molecule has 2 fully saturated rings. The number of methoxy groups -OCH3 is 1. The van der Waals surface area contributed by atoms with Crippen molar-refractivity contribution in [2.24, 2.45) is 5.92 Å². The van der Waals surface area contributed by atoms with Gasteiger partial charge in [0.25, 0.3) is 5.91 Å². The lowest BCUT2D eigenvalue weighted by Gasteiger charge is -2.25. The molecule has 2 aromatic heterocycles. The molecule has 0 aromatic carbocycles. The van der Waals surface area contributed by atoms with Crippen molar-refractivity contribution in [1.29, 1.82) is 0 Å². The minimum absolute atomic E-state index is 0.183. The molecule has 2 aliphatic rings. The van der Waals surface area contributed by atoms with E-state index in [0.29, 0.717) is 6.04 Å². The van der Waals surface area contributed by atoms with Crippen LogP contribution in [0.2, 0.25) is 0 Å². The fraction of sp³-hybridized carbons (Fsp3) is 0.696. The highest BCUT2D eigenvalue weighted by atomic mass is 16.5. The zero-order valence-corrected chi connectivity index (χ0v) is 18.6. The van der Waals surface area contributed by atoms with Gasteiger partial charge in [0.1, 0.15) is 12.2 Å². The number of ether oxygens (including phenoxy) is 1. The molecule has 7 nitrogen and oxygen atoms in total. The molecule has 164 valence electrons. The molecule has 0 spiro atoms. The molecule has 1 atom stereocenters. The van der Waals surface area contributed by atoms with E-state index in [0.717, 1.165) is 87.0 Å². The Morgan fingerprint density at radius 1 is 1.27 bits per heavy atom. The zero-order chi connectivity index (χ0) is 21.1. The molecule has 30 heavy (non-hydrogen) atoms. The number of carbonyl (C=O) groups excluding carboxylic acids is 1. The van der Waals surface area contributed by atoms with Crippen molar-refractivity contribution in [2.45, 2.75) is 77.9 Å². The monoisotopic (exact) mass is 413 g/mol. The number of nitrogens with zero attached hydrogens (tertiary/aromatic N) is 5. The van der Waals surface area contributed by atoms with Gasteiger partial charge >= 0.3 is 0 Å². The van der Waals surface area contributed by atoms with Crippen LogP contribution in [0.4, 0.5) is 0 Å². The third kappa shape index (κ3) is 4.61. The Kier molecular flexibility index (Phi) is 6.56. The Hall–Kier alpha value is -2.15. The van der Waals surface area contributed by atoms with Gasteiger partial charge in [-0.05, 0) is 64.4 Å². The second-order valence-corrected chi connectivity index (χ2v) is 8.96. The van der Waals surface area contributed by atoms with Crippen LogP contribution in [0.5, 0.6) is 0 Å². The molecule has 1 aliphatic carbocycles. The van der Waals surface area contributed by atoms with Crippen molar-refractivity contribution in [3.63, 3.8) is 0 Å². The van der Waals surface area contributed by atoms with Gasteiger partial charge in [0.2, 0.25) is 0 Å². The van der Waals surface area contributed by atoms with Gasteiger partial charge in [0.05, 0.1) is 5.56 Å². The van der Waals surface area contributed by atoms with E-state index < -0.39 is 0 Å². The Morgan fingerprint density at radius 3 is 2.87 bits per heavy atom. The highest BCUT2D eigenvalue weighted by molar-refractivity contribution is 5.96. The summed E-state index contributed by atoms with van der Waals surface area (Å²) in [5, 5.41) is 8.47. The number of aromatic nitrogens is 4. The summed E-state index contributed by atoms with van der Waals surface area (Å²) in [7, 11) is 1.73. The summed E-state index contributed by atoms with van der Waals surface area (Å²) < 4.78 is 9.65. The average molecular weight is 414 g/mol. The van der Waals surface area contributed by atoms with E-state index in [-0.39, 0.29) is 5.91 Å². The molecular weight excluding hydrogens is 378 g/mol. The normalized spacial score (nSPS) is 19.0. The Labute approximate surface area is 179 Å². The van der Waals surface area contributed by atoms with E-state index in [4.69, 9.17) is 4.74 Å². The van der Waals surface area contributed by atoms with Crippen molar-refractivity contribution in [2.75, 3.05) is 20.3 Å². The van der Waals surface area contributed by atoms with Gasteiger partial charge in [0, 0.05) is 57.2 Å². The summed E-state index contributed by atoms with van der Waals surface area (Å²) in [5.74, 6) is 2.06. The molecular formula is C23H35N5O2.